The van der Waals surface area contributed by atoms with Crippen molar-refractivity contribution in [2.45, 2.75) is 50.5 Å². The molecule has 0 amide bonds. The smallest absolute Gasteiger partial charge is 0.346 e. The van der Waals surface area contributed by atoms with E-state index in [1.165, 1.54) is 15.8 Å². The molecule has 0 unspecified atom stereocenters. The van der Waals surface area contributed by atoms with E-state index in [-0.39, 0.29) is 33.6 Å². The molecule has 0 aromatic rings. The molecule has 0 aromatic carbocycles. The Kier molecular flexibility index (Phi) is 57.1. The molecule has 0 rings (SSSR count). The van der Waals surface area contributed by atoms with Crippen LogP contribution in [-0.2, 0) is 19.5 Å². The van der Waals surface area contributed by atoms with Gasteiger partial charge in [-0.05, 0) is 0 Å². The van der Waals surface area contributed by atoms with Crippen molar-refractivity contribution in [3.8, 4) is 0 Å². The van der Waals surface area contributed by atoms with Gasteiger partial charge in [0.25, 0.3) is 14.1 Å². The van der Waals surface area contributed by atoms with Crippen LogP contribution in [0, 0.1) is 13.8 Å². The zero-order chi connectivity index (χ0) is 9.70. The van der Waals surface area contributed by atoms with Crippen LogP contribution >= 0.6 is 0 Å². The summed E-state index contributed by atoms with van der Waals surface area (Å²) in [6.07, 6.45) is 0. The van der Waals surface area contributed by atoms with E-state index in [0.717, 1.165) is 0 Å². The van der Waals surface area contributed by atoms with Crippen molar-refractivity contribution in [3.63, 3.8) is 0 Å². The van der Waals surface area contributed by atoms with Crippen LogP contribution in [0.5, 0.6) is 0 Å². The van der Waals surface area contributed by atoms with E-state index < -0.39 is 0 Å². The van der Waals surface area contributed by atoms with Gasteiger partial charge in [0.15, 0.2) is 0 Å². The van der Waals surface area contributed by atoms with Crippen molar-refractivity contribution < 1.29 is 19.5 Å². The molecule has 0 aliphatic heterocycles. The Morgan fingerprint density at radius 1 is 0.750 bits per heavy atom. The van der Waals surface area contributed by atoms with Gasteiger partial charge in [-0.25, -0.2) is 0 Å². The number of rotatable bonds is 3. The molecule has 0 fully saturated rings. The minimum Gasteiger partial charge on any atom is -0.346 e. The molecule has 0 saturated carbocycles. The summed E-state index contributed by atoms with van der Waals surface area (Å²) in [6, 6.07) is 0. The molecule has 70 valence electrons. The number of hydrogen-bond donors (Lipinski definition) is 0. The predicted molar refractivity (Wildman–Crippen MR) is 59.3 cm³/mol. The molecule has 0 aliphatic carbocycles. The van der Waals surface area contributed by atoms with Crippen LogP contribution in [0.25, 0.3) is 0 Å². The van der Waals surface area contributed by atoms with Gasteiger partial charge in [0.1, 0.15) is 0 Å². The van der Waals surface area contributed by atoms with Crippen LogP contribution in [-0.4, -0.2) is 14.1 Å². The Hall–Kier alpha value is 1.16. The summed E-state index contributed by atoms with van der Waals surface area (Å²) in [4.78, 5) is 0. The monoisotopic (exact) mass is 236 g/mol. The van der Waals surface area contributed by atoms with E-state index >= 15 is 0 Å². The Labute approximate surface area is 97.7 Å². The molecule has 0 nitrogen and oxygen atoms in total. The SMILES string of the molecule is C[CH2][Al]([CH2]C)[CH2]C.[CH2-]C.[CH2-]C.[Zn+2]. The molecular formula is C10H25AlZn. The summed E-state index contributed by atoms with van der Waals surface area (Å²) < 4.78 is 0. The fourth-order valence-corrected chi connectivity index (χ4v) is 2.60. The Balaban J connectivity index is -0.0000000560. The largest absolute Gasteiger partial charge is 2.00 e. The van der Waals surface area contributed by atoms with Gasteiger partial charge in [0, 0.05) is 0 Å². The van der Waals surface area contributed by atoms with Crippen LogP contribution in [0.15, 0.2) is 0 Å². The van der Waals surface area contributed by atoms with Crippen molar-refractivity contribution >= 4 is 14.1 Å². The van der Waals surface area contributed by atoms with Crippen LogP contribution in [0.3, 0.4) is 0 Å². The maximum absolute atomic E-state index is 3.25. The Bertz CT molecular complexity index is 31.3. The minimum atomic E-state index is -0.171. The van der Waals surface area contributed by atoms with Crippen LogP contribution in [0.4, 0.5) is 0 Å². The van der Waals surface area contributed by atoms with E-state index in [0.29, 0.717) is 0 Å². The van der Waals surface area contributed by atoms with Crippen molar-refractivity contribution in [1.82, 2.24) is 0 Å². The van der Waals surface area contributed by atoms with Crippen LogP contribution in [0.2, 0.25) is 15.8 Å². The summed E-state index contributed by atoms with van der Waals surface area (Å²) in [5.41, 5.74) is 0. The van der Waals surface area contributed by atoms with E-state index in [1.54, 1.807) is 13.8 Å². The number of hydrogen-bond acceptors (Lipinski definition) is 0. The first-order chi connectivity index (χ1) is 5.35. The van der Waals surface area contributed by atoms with Gasteiger partial charge >= 0.3 is 19.5 Å². The maximum Gasteiger partial charge on any atom is 2.00 e. The van der Waals surface area contributed by atoms with Gasteiger partial charge in [-0.3, -0.25) is 0 Å². The molecular weight excluding hydrogens is 212 g/mol. The molecule has 12 heavy (non-hydrogen) atoms. The summed E-state index contributed by atoms with van der Waals surface area (Å²) in [5.74, 6) is 0. The van der Waals surface area contributed by atoms with Gasteiger partial charge in [-0.2, -0.15) is 13.8 Å². The van der Waals surface area contributed by atoms with E-state index in [2.05, 4.69) is 34.6 Å². The van der Waals surface area contributed by atoms with Gasteiger partial charge in [0.05, 0.1) is 0 Å². The molecule has 0 atom stereocenters. The normalized spacial score (nSPS) is 6.25. The Morgan fingerprint density at radius 2 is 0.917 bits per heavy atom. The third kappa shape index (κ3) is 22.5. The van der Waals surface area contributed by atoms with Crippen molar-refractivity contribution in [3.05, 3.63) is 13.8 Å². The van der Waals surface area contributed by atoms with Crippen LogP contribution < -0.4 is 0 Å². The van der Waals surface area contributed by atoms with E-state index in [1.807, 2.05) is 0 Å². The van der Waals surface area contributed by atoms with Crippen molar-refractivity contribution in [2.24, 2.45) is 0 Å². The predicted octanol–water partition coefficient (Wildman–Crippen LogP) is 4.22. The molecule has 0 spiro atoms. The molecule has 0 aromatic heterocycles. The second-order valence-electron chi connectivity index (χ2n) is 2.09. The van der Waals surface area contributed by atoms with Gasteiger partial charge in [-0.1, -0.05) is 36.6 Å². The standard InChI is InChI=1S/5C2H5.Al.Zn/c5*1-2;;/h5*1H2,2H3;;/q;;;2*-1;;+2. The average molecular weight is 238 g/mol. The molecule has 0 N–H and O–H groups in total. The van der Waals surface area contributed by atoms with Crippen molar-refractivity contribution in [1.29, 1.82) is 0 Å². The third-order valence-corrected chi connectivity index (χ3v) is 5.20. The third-order valence-electron chi connectivity index (χ3n) is 1.73. The summed E-state index contributed by atoms with van der Waals surface area (Å²) in [6.45, 7) is 17.0. The van der Waals surface area contributed by atoms with Crippen molar-refractivity contribution in [2.75, 3.05) is 0 Å². The van der Waals surface area contributed by atoms with E-state index in [9.17, 15) is 0 Å². The first kappa shape index (κ1) is 23.2. The van der Waals surface area contributed by atoms with Crippen LogP contribution in [0.1, 0.15) is 34.6 Å². The quantitative estimate of drug-likeness (QED) is 0.509. The molecule has 0 saturated heterocycles. The molecule has 0 radical (unpaired) electrons. The molecule has 0 heterocycles. The maximum atomic E-state index is 3.25. The minimum absolute atomic E-state index is 0. The second kappa shape index (κ2) is 29.5. The van der Waals surface area contributed by atoms with Gasteiger partial charge < -0.3 is 13.8 Å². The second-order valence-corrected chi connectivity index (χ2v) is 6.27. The van der Waals surface area contributed by atoms with E-state index in [4.69, 9.17) is 0 Å². The summed E-state index contributed by atoms with van der Waals surface area (Å²) in [5, 5.41) is 4.48. The molecule has 0 bridgehead atoms. The first-order valence-corrected chi connectivity index (χ1v) is 7.21. The zero-order valence-electron chi connectivity index (χ0n) is 9.82. The summed E-state index contributed by atoms with van der Waals surface area (Å²) in [7, 11) is 0. The molecule has 2 heteroatoms. The first-order valence-electron chi connectivity index (χ1n) is 4.76. The molecule has 0 aliphatic rings. The van der Waals surface area contributed by atoms with Gasteiger partial charge in [0.2, 0.25) is 0 Å². The fraction of sp³-hybridized carbons (Fsp3) is 0.800. The topological polar surface area (TPSA) is 0 Å². The zero-order valence-corrected chi connectivity index (χ0v) is 13.9. The van der Waals surface area contributed by atoms with Gasteiger partial charge in [-0.15, -0.1) is 0 Å². The average Bonchev–Trinajstić information content (AvgIpc) is 2.14. The fourth-order valence-electron chi connectivity index (χ4n) is 0.866. The summed E-state index contributed by atoms with van der Waals surface area (Å²) >= 11 is -0.171. The Morgan fingerprint density at radius 3 is 0.917 bits per heavy atom.